The van der Waals surface area contributed by atoms with Crippen LogP contribution < -0.4 is 5.32 Å². The topological polar surface area (TPSA) is 73.0 Å². The summed E-state index contributed by atoms with van der Waals surface area (Å²) in [6.07, 6.45) is 3.37. The molecule has 0 aliphatic carbocycles. The Bertz CT molecular complexity index is 914. The smallest absolute Gasteiger partial charge is 0.290 e. The van der Waals surface area contributed by atoms with E-state index in [4.69, 9.17) is 4.52 Å². The molecule has 6 nitrogen and oxygen atoms in total. The van der Waals surface area contributed by atoms with Gasteiger partial charge in [0.05, 0.1) is 5.69 Å². The van der Waals surface area contributed by atoms with Gasteiger partial charge >= 0.3 is 0 Å². The average Bonchev–Trinajstić information content (AvgIpc) is 3.27. The van der Waals surface area contributed by atoms with Crippen molar-refractivity contribution in [2.45, 2.75) is 46.2 Å². The van der Waals surface area contributed by atoms with Gasteiger partial charge in [0, 0.05) is 30.4 Å². The lowest BCUT2D eigenvalue weighted by atomic mass is 10.1. The van der Waals surface area contributed by atoms with Gasteiger partial charge in [-0.25, -0.2) is 4.39 Å². The van der Waals surface area contributed by atoms with Crippen LogP contribution in [0.2, 0.25) is 0 Å². The van der Waals surface area contributed by atoms with Crippen molar-refractivity contribution in [2.24, 2.45) is 0 Å². The Morgan fingerprint density at radius 3 is 2.74 bits per heavy atom. The van der Waals surface area contributed by atoms with E-state index in [0.29, 0.717) is 5.69 Å². The average molecular weight is 370 g/mol. The summed E-state index contributed by atoms with van der Waals surface area (Å²) >= 11 is 0. The number of rotatable bonds is 7. The summed E-state index contributed by atoms with van der Waals surface area (Å²) in [5.74, 6) is -0.385. The molecule has 3 aromatic rings. The molecule has 2 aromatic heterocycles. The summed E-state index contributed by atoms with van der Waals surface area (Å²) in [4.78, 5) is 12.4. The van der Waals surface area contributed by atoms with E-state index >= 15 is 0 Å². The van der Waals surface area contributed by atoms with Crippen molar-refractivity contribution < 1.29 is 13.7 Å². The first-order valence-corrected chi connectivity index (χ1v) is 9.02. The Hall–Kier alpha value is -2.96. The van der Waals surface area contributed by atoms with Gasteiger partial charge in [-0.1, -0.05) is 17.3 Å². The van der Waals surface area contributed by atoms with Gasteiger partial charge in [-0.3, -0.25) is 9.48 Å². The number of nitrogens with one attached hydrogen (secondary N) is 1. The maximum Gasteiger partial charge on any atom is 0.290 e. The molecule has 1 amide bonds. The molecule has 1 atom stereocenters. The summed E-state index contributed by atoms with van der Waals surface area (Å²) in [5.41, 5.74) is 3.31. The minimum atomic E-state index is -0.305. The van der Waals surface area contributed by atoms with E-state index in [1.54, 1.807) is 18.2 Å². The normalized spacial score (nSPS) is 12.1. The van der Waals surface area contributed by atoms with Crippen LogP contribution in [0.5, 0.6) is 0 Å². The third-order valence-electron chi connectivity index (χ3n) is 4.44. The molecule has 1 N–H and O–H groups in total. The van der Waals surface area contributed by atoms with Crippen LogP contribution in [0.3, 0.4) is 0 Å². The van der Waals surface area contributed by atoms with E-state index in [9.17, 15) is 9.18 Å². The lowest BCUT2D eigenvalue weighted by molar-refractivity contribution is 0.0901. The summed E-state index contributed by atoms with van der Waals surface area (Å²) in [6.45, 7) is 6.59. The summed E-state index contributed by atoms with van der Waals surface area (Å²) in [6, 6.07) is 7.97. The number of carbonyl (C=O) groups is 1. The van der Waals surface area contributed by atoms with E-state index < -0.39 is 0 Å². The zero-order valence-electron chi connectivity index (χ0n) is 15.7. The second-order valence-corrected chi connectivity index (χ2v) is 6.60. The zero-order chi connectivity index (χ0) is 19.4. The number of hydrogen-bond acceptors (Lipinski definition) is 4. The van der Waals surface area contributed by atoms with Gasteiger partial charge in [0.15, 0.2) is 0 Å². The predicted octanol–water partition coefficient (Wildman–Crippen LogP) is 3.76. The van der Waals surface area contributed by atoms with Gasteiger partial charge in [-0.05, 0) is 51.3 Å². The number of amides is 1. The number of halogens is 1. The fourth-order valence-electron chi connectivity index (χ4n) is 2.84. The Kier molecular flexibility index (Phi) is 5.69. The second kappa shape index (κ2) is 8.16. The van der Waals surface area contributed by atoms with Gasteiger partial charge in [0.1, 0.15) is 11.5 Å². The van der Waals surface area contributed by atoms with Gasteiger partial charge in [-0.2, -0.15) is 5.10 Å². The van der Waals surface area contributed by atoms with E-state index in [-0.39, 0.29) is 23.5 Å². The van der Waals surface area contributed by atoms with Crippen molar-refractivity contribution in [1.29, 1.82) is 0 Å². The molecule has 27 heavy (non-hydrogen) atoms. The molecule has 2 heterocycles. The molecule has 0 bridgehead atoms. The Morgan fingerprint density at radius 2 is 2.07 bits per heavy atom. The molecular weight excluding hydrogens is 347 g/mol. The highest BCUT2D eigenvalue weighted by Gasteiger charge is 2.18. The molecule has 142 valence electrons. The monoisotopic (exact) mass is 370 g/mol. The highest BCUT2D eigenvalue weighted by molar-refractivity contribution is 5.92. The third-order valence-corrected chi connectivity index (χ3v) is 4.44. The van der Waals surface area contributed by atoms with Crippen molar-refractivity contribution >= 4 is 5.91 Å². The van der Waals surface area contributed by atoms with Crippen LogP contribution in [-0.2, 0) is 13.0 Å². The number of aryl methyl sites for hydroxylation is 3. The molecule has 3 rings (SSSR count). The van der Waals surface area contributed by atoms with Crippen LogP contribution in [0.1, 0.15) is 42.1 Å². The molecule has 0 aliphatic rings. The molecule has 0 saturated heterocycles. The van der Waals surface area contributed by atoms with Gasteiger partial charge in [-0.15, -0.1) is 0 Å². The van der Waals surface area contributed by atoms with Gasteiger partial charge < -0.3 is 9.84 Å². The number of benzene rings is 1. The minimum absolute atomic E-state index is 0.0549. The molecule has 0 fully saturated rings. The Morgan fingerprint density at radius 1 is 1.33 bits per heavy atom. The second-order valence-electron chi connectivity index (χ2n) is 6.60. The first kappa shape index (κ1) is 18.8. The SMILES string of the molecule is CCn1cc(-c2cc(C(=O)NC(C)CCc3ccc(F)cc3)on2)c(C)n1. The summed E-state index contributed by atoms with van der Waals surface area (Å²) in [7, 11) is 0. The first-order valence-electron chi connectivity index (χ1n) is 9.02. The standard InChI is InChI=1S/C20H23FN4O2/c1-4-25-12-17(14(3)23-25)18-11-19(27-24-18)20(26)22-13(2)5-6-15-7-9-16(21)10-8-15/h7-13H,4-6H2,1-3H3,(H,22,26). The van der Waals surface area contributed by atoms with Crippen LogP contribution >= 0.6 is 0 Å². The Balaban J connectivity index is 1.58. The lowest BCUT2D eigenvalue weighted by Crippen LogP contribution is -2.32. The minimum Gasteiger partial charge on any atom is -0.350 e. The summed E-state index contributed by atoms with van der Waals surface area (Å²) in [5, 5.41) is 11.3. The van der Waals surface area contributed by atoms with Crippen molar-refractivity contribution in [2.75, 3.05) is 0 Å². The summed E-state index contributed by atoms with van der Waals surface area (Å²) < 4.78 is 20.0. The first-order chi connectivity index (χ1) is 13.0. The van der Waals surface area contributed by atoms with Crippen molar-refractivity contribution in [3.05, 3.63) is 59.4 Å². The van der Waals surface area contributed by atoms with Crippen LogP contribution in [0, 0.1) is 12.7 Å². The molecule has 0 saturated carbocycles. The molecule has 1 unspecified atom stereocenters. The molecule has 0 radical (unpaired) electrons. The molecule has 0 aliphatic heterocycles. The maximum absolute atomic E-state index is 12.9. The van der Waals surface area contributed by atoms with E-state index in [1.165, 1.54) is 12.1 Å². The van der Waals surface area contributed by atoms with Crippen molar-refractivity contribution in [3.63, 3.8) is 0 Å². The maximum atomic E-state index is 12.9. The third kappa shape index (κ3) is 4.61. The Labute approximate surface area is 157 Å². The lowest BCUT2D eigenvalue weighted by Gasteiger charge is -2.12. The highest BCUT2D eigenvalue weighted by atomic mass is 19.1. The molecule has 1 aromatic carbocycles. The van der Waals surface area contributed by atoms with Crippen LogP contribution in [0.4, 0.5) is 4.39 Å². The van der Waals surface area contributed by atoms with Gasteiger partial charge in [0.25, 0.3) is 5.91 Å². The number of hydrogen-bond donors (Lipinski definition) is 1. The zero-order valence-corrected chi connectivity index (χ0v) is 15.7. The fraction of sp³-hybridized carbons (Fsp3) is 0.350. The molecular formula is C20H23FN4O2. The van der Waals surface area contributed by atoms with Crippen LogP contribution in [-0.4, -0.2) is 26.9 Å². The molecule has 0 spiro atoms. The van der Waals surface area contributed by atoms with Gasteiger partial charge in [0.2, 0.25) is 5.76 Å². The predicted molar refractivity (Wildman–Crippen MR) is 99.8 cm³/mol. The van der Waals surface area contributed by atoms with Crippen LogP contribution in [0.25, 0.3) is 11.3 Å². The largest absolute Gasteiger partial charge is 0.350 e. The number of aromatic nitrogens is 3. The molecule has 7 heteroatoms. The van der Waals surface area contributed by atoms with Crippen molar-refractivity contribution in [1.82, 2.24) is 20.3 Å². The highest BCUT2D eigenvalue weighted by Crippen LogP contribution is 2.22. The number of carbonyl (C=O) groups excluding carboxylic acids is 1. The number of nitrogens with zero attached hydrogens (tertiary/aromatic N) is 3. The fourth-order valence-corrected chi connectivity index (χ4v) is 2.84. The van der Waals surface area contributed by atoms with Crippen molar-refractivity contribution in [3.8, 4) is 11.3 Å². The van der Waals surface area contributed by atoms with Crippen LogP contribution in [0.15, 0.2) is 41.1 Å². The van der Waals surface area contributed by atoms with E-state index in [2.05, 4.69) is 15.6 Å². The van der Waals surface area contributed by atoms with E-state index in [1.807, 2.05) is 31.6 Å². The quantitative estimate of drug-likeness (QED) is 0.687. The van der Waals surface area contributed by atoms with E-state index in [0.717, 1.165) is 36.2 Å².